The summed E-state index contributed by atoms with van der Waals surface area (Å²) < 4.78 is 4.60. The zero-order valence-corrected chi connectivity index (χ0v) is 10.2. The minimum absolute atomic E-state index is 0.159. The van der Waals surface area contributed by atoms with Gasteiger partial charge < -0.3 is 10.1 Å². The maximum Gasteiger partial charge on any atom is 0.337 e. The molecule has 0 unspecified atom stereocenters. The molecule has 0 spiro atoms. The van der Waals surface area contributed by atoms with Crippen molar-refractivity contribution >= 4 is 11.9 Å². The lowest BCUT2D eigenvalue weighted by atomic mass is 10.1. The zero-order chi connectivity index (χ0) is 13.7. The van der Waals surface area contributed by atoms with Crippen LogP contribution in [0.1, 0.15) is 26.5 Å². The van der Waals surface area contributed by atoms with E-state index in [9.17, 15) is 9.59 Å². The van der Waals surface area contributed by atoms with E-state index >= 15 is 0 Å². The predicted octanol–water partition coefficient (Wildman–Crippen LogP) is 0.521. The van der Waals surface area contributed by atoms with Crippen molar-refractivity contribution < 1.29 is 14.3 Å². The molecular formula is C12H12N4O3. The number of benzene rings is 1. The molecule has 0 bridgehead atoms. The van der Waals surface area contributed by atoms with Crippen molar-refractivity contribution in [2.24, 2.45) is 0 Å². The number of rotatable bonds is 4. The van der Waals surface area contributed by atoms with Crippen molar-refractivity contribution in [3.05, 3.63) is 47.5 Å². The van der Waals surface area contributed by atoms with E-state index in [2.05, 4.69) is 25.2 Å². The van der Waals surface area contributed by atoms with Crippen LogP contribution in [-0.2, 0) is 11.3 Å². The highest BCUT2D eigenvalue weighted by Gasteiger charge is 2.08. The topological polar surface area (TPSA) is 97.0 Å². The number of carbonyl (C=O) groups excluding carboxylic acids is 2. The second-order valence-corrected chi connectivity index (χ2v) is 3.71. The molecule has 0 aliphatic carbocycles. The van der Waals surface area contributed by atoms with Gasteiger partial charge in [0.15, 0.2) is 0 Å². The quantitative estimate of drug-likeness (QED) is 0.781. The fraction of sp³-hybridized carbons (Fsp3) is 0.167. The fourth-order valence-electron chi connectivity index (χ4n) is 1.46. The molecule has 7 heteroatoms. The summed E-state index contributed by atoms with van der Waals surface area (Å²) in [7, 11) is 1.33. The van der Waals surface area contributed by atoms with Crippen LogP contribution in [-0.4, -0.2) is 34.2 Å². The third-order valence-corrected chi connectivity index (χ3v) is 2.46. The van der Waals surface area contributed by atoms with Gasteiger partial charge >= 0.3 is 5.97 Å². The van der Waals surface area contributed by atoms with E-state index in [-0.39, 0.29) is 11.7 Å². The van der Waals surface area contributed by atoms with Crippen molar-refractivity contribution in [1.29, 1.82) is 0 Å². The van der Waals surface area contributed by atoms with Gasteiger partial charge in [-0.05, 0) is 17.7 Å². The molecule has 7 nitrogen and oxygen atoms in total. The van der Waals surface area contributed by atoms with E-state index in [0.29, 0.717) is 12.1 Å². The summed E-state index contributed by atoms with van der Waals surface area (Å²) >= 11 is 0. The molecule has 0 fully saturated rings. The van der Waals surface area contributed by atoms with Gasteiger partial charge in [-0.15, -0.1) is 0 Å². The lowest BCUT2D eigenvalue weighted by Gasteiger charge is -2.04. The van der Waals surface area contributed by atoms with Crippen LogP contribution in [0.4, 0.5) is 0 Å². The van der Waals surface area contributed by atoms with Gasteiger partial charge in [-0.25, -0.2) is 9.78 Å². The monoisotopic (exact) mass is 260 g/mol. The molecule has 2 N–H and O–H groups in total. The summed E-state index contributed by atoms with van der Waals surface area (Å²) in [5, 5.41) is 8.74. The third-order valence-electron chi connectivity index (χ3n) is 2.46. The highest BCUT2D eigenvalue weighted by atomic mass is 16.5. The number of ether oxygens (including phenoxy) is 1. The number of aromatic amines is 1. The molecule has 0 radical (unpaired) electrons. The molecule has 1 aromatic heterocycles. The van der Waals surface area contributed by atoms with E-state index in [4.69, 9.17) is 0 Å². The van der Waals surface area contributed by atoms with Crippen molar-refractivity contribution in [1.82, 2.24) is 20.5 Å². The number of amides is 1. The lowest BCUT2D eigenvalue weighted by Crippen LogP contribution is -2.24. The minimum Gasteiger partial charge on any atom is -0.465 e. The number of H-pyrrole nitrogens is 1. The van der Waals surface area contributed by atoms with Gasteiger partial charge in [-0.3, -0.25) is 9.89 Å². The Morgan fingerprint density at radius 3 is 2.63 bits per heavy atom. The molecule has 0 aliphatic heterocycles. The number of methoxy groups -OCH3 is 1. The SMILES string of the molecule is COC(=O)c1ccc(CNC(=O)c2ncn[nH]2)cc1. The number of hydrogen-bond donors (Lipinski definition) is 2. The van der Waals surface area contributed by atoms with Gasteiger partial charge in [0.1, 0.15) is 6.33 Å². The van der Waals surface area contributed by atoms with Crippen LogP contribution >= 0.6 is 0 Å². The van der Waals surface area contributed by atoms with Crippen molar-refractivity contribution in [3.8, 4) is 0 Å². The summed E-state index contributed by atoms with van der Waals surface area (Å²) in [5.74, 6) is -0.571. The molecule has 1 amide bonds. The molecule has 98 valence electrons. The first-order valence-corrected chi connectivity index (χ1v) is 5.51. The minimum atomic E-state index is -0.391. The second kappa shape index (κ2) is 5.76. The third kappa shape index (κ3) is 3.15. The van der Waals surface area contributed by atoms with Crippen LogP contribution in [0.15, 0.2) is 30.6 Å². The Labute approximate surface area is 109 Å². The maximum atomic E-state index is 11.6. The van der Waals surface area contributed by atoms with Crippen LogP contribution < -0.4 is 5.32 Å². The molecule has 1 heterocycles. The maximum absolute atomic E-state index is 11.6. The van der Waals surface area contributed by atoms with Crippen LogP contribution in [0, 0.1) is 0 Å². The van der Waals surface area contributed by atoms with Crippen molar-refractivity contribution in [2.45, 2.75) is 6.54 Å². The Kier molecular flexibility index (Phi) is 3.87. The molecule has 0 saturated carbocycles. The summed E-state index contributed by atoms with van der Waals surface area (Å²) in [6, 6.07) is 6.77. The Morgan fingerprint density at radius 2 is 2.05 bits per heavy atom. The van der Waals surface area contributed by atoms with Gasteiger partial charge in [0.05, 0.1) is 12.7 Å². The largest absolute Gasteiger partial charge is 0.465 e. The predicted molar refractivity (Wildman–Crippen MR) is 65.3 cm³/mol. The summed E-state index contributed by atoms with van der Waals surface area (Å²) in [4.78, 5) is 26.6. The first kappa shape index (κ1) is 12.7. The van der Waals surface area contributed by atoms with E-state index in [0.717, 1.165) is 5.56 Å². The van der Waals surface area contributed by atoms with Crippen LogP contribution in [0.25, 0.3) is 0 Å². The van der Waals surface area contributed by atoms with Crippen molar-refractivity contribution in [3.63, 3.8) is 0 Å². The normalized spacial score (nSPS) is 9.95. The Morgan fingerprint density at radius 1 is 1.32 bits per heavy atom. The number of nitrogens with zero attached hydrogens (tertiary/aromatic N) is 2. The van der Waals surface area contributed by atoms with Gasteiger partial charge in [0.2, 0.25) is 5.82 Å². The molecule has 0 aliphatic rings. The molecule has 19 heavy (non-hydrogen) atoms. The smallest absolute Gasteiger partial charge is 0.337 e. The van der Waals surface area contributed by atoms with Gasteiger partial charge in [-0.2, -0.15) is 5.10 Å². The first-order chi connectivity index (χ1) is 9.20. The summed E-state index contributed by atoms with van der Waals surface area (Å²) in [5.41, 5.74) is 1.33. The average molecular weight is 260 g/mol. The van der Waals surface area contributed by atoms with E-state index in [1.165, 1.54) is 13.4 Å². The number of hydrogen-bond acceptors (Lipinski definition) is 5. The molecule has 2 aromatic rings. The van der Waals surface area contributed by atoms with Crippen LogP contribution in [0.2, 0.25) is 0 Å². The number of nitrogens with one attached hydrogen (secondary N) is 2. The first-order valence-electron chi connectivity index (χ1n) is 5.51. The molecular weight excluding hydrogens is 248 g/mol. The van der Waals surface area contributed by atoms with Gasteiger partial charge in [0, 0.05) is 6.54 Å². The van der Waals surface area contributed by atoms with Crippen LogP contribution in [0.3, 0.4) is 0 Å². The zero-order valence-electron chi connectivity index (χ0n) is 10.2. The second-order valence-electron chi connectivity index (χ2n) is 3.71. The van der Waals surface area contributed by atoms with Crippen LogP contribution in [0.5, 0.6) is 0 Å². The van der Waals surface area contributed by atoms with E-state index in [1.807, 2.05) is 0 Å². The Bertz CT molecular complexity index is 563. The Balaban J connectivity index is 1.93. The summed E-state index contributed by atoms with van der Waals surface area (Å²) in [6.45, 7) is 0.334. The number of esters is 1. The Hall–Kier alpha value is -2.70. The molecule has 0 atom stereocenters. The standard InChI is InChI=1S/C12H12N4O3/c1-19-12(18)9-4-2-8(3-5-9)6-13-11(17)10-14-7-15-16-10/h2-5,7H,6H2,1H3,(H,13,17)(H,14,15,16). The summed E-state index contributed by atoms with van der Waals surface area (Å²) in [6.07, 6.45) is 1.26. The molecule has 0 saturated heterocycles. The average Bonchev–Trinajstić information content (AvgIpc) is 2.98. The fourth-order valence-corrected chi connectivity index (χ4v) is 1.46. The lowest BCUT2D eigenvalue weighted by molar-refractivity contribution is 0.0600. The number of aromatic nitrogens is 3. The highest BCUT2D eigenvalue weighted by Crippen LogP contribution is 2.05. The number of carbonyl (C=O) groups is 2. The molecule has 1 aromatic carbocycles. The van der Waals surface area contributed by atoms with E-state index < -0.39 is 5.97 Å². The van der Waals surface area contributed by atoms with E-state index in [1.54, 1.807) is 24.3 Å². The van der Waals surface area contributed by atoms with Gasteiger partial charge in [0.25, 0.3) is 5.91 Å². The van der Waals surface area contributed by atoms with Gasteiger partial charge in [-0.1, -0.05) is 12.1 Å². The molecule has 2 rings (SSSR count). The highest BCUT2D eigenvalue weighted by molar-refractivity contribution is 5.90. The van der Waals surface area contributed by atoms with Crippen molar-refractivity contribution in [2.75, 3.05) is 7.11 Å².